The van der Waals surface area contributed by atoms with E-state index in [0.717, 1.165) is 6.07 Å². The van der Waals surface area contributed by atoms with Gasteiger partial charge in [0.2, 0.25) is 5.91 Å². The van der Waals surface area contributed by atoms with Crippen molar-refractivity contribution in [2.45, 2.75) is 69.6 Å². The van der Waals surface area contributed by atoms with Crippen LogP contribution in [0.25, 0.3) is 11.1 Å². The van der Waals surface area contributed by atoms with Crippen LogP contribution in [-0.4, -0.2) is 48.6 Å². The Bertz CT molecular complexity index is 1670. The van der Waals surface area contributed by atoms with Crippen molar-refractivity contribution >= 4 is 17.4 Å². The zero-order valence-corrected chi connectivity index (χ0v) is 25.7. The second-order valence-corrected chi connectivity index (χ2v) is 12.0. The number of rotatable bonds is 8. The van der Waals surface area contributed by atoms with Crippen LogP contribution in [0.15, 0.2) is 54.6 Å². The summed E-state index contributed by atoms with van der Waals surface area (Å²) >= 11 is 0. The molecule has 1 saturated heterocycles. The van der Waals surface area contributed by atoms with Gasteiger partial charge < -0.3 is 15.5 Å². The standard InChI is InChI=1S/C34H32F9N3O2/c1-2-3-16-45(18-32(35,36)37)31(48)27-20-10-5-4-9-19(20)21-14-15-22(29(26(21)27)46-17-7-6-13-25(46)44)30(47)28-23(33(38,39)40)11-8-12-24(28)34(41,42)43/h4-5,8-12,14-15,25,27H,2-3,6-7,13,16-18,44H2,1H3. The van der Waals surface area contributed by atoms with E-state index in [4.69, 9.17) is 5.73 Å². The Balaban J connectivity index is 1.82. The molecule has 0 saturated carbocycles. The van der Waals surface area contributed by atoms with Crippen LogP contribution in [0.2, 0.25) is 0 Å². The van der Waals surface area contributed by atoms with Crippen molar-refractivity contribution < 1.29 is 49.1 Å². The Hall–Kier alpha value is -4.07. The summed E-state index contributed by atoms with van der Waals surface area (Å²) in [5, 5.41) is 0. The number of fused-ring (bicyclic) bond motifs is 3. The monoisotopic (exact) mass is 685 g/mol. The first kappa shape index (κ1) is 35.2. The van der Waals surface area contributed by atoms with E-state index < -0.39 is 71.1 Å². The lowest BCUT2D eigenvalue weighted by Gasteiger charge is -2.38. The summed E-state index contributed by atoms with van der Waals surface area (Å²) < 4.78 is 127. The van der Waals surface area contributed by atoms with E-state index in [-0.39, 0.29) is 30.8 Å². The van der Waals surface area contributed by atoms with Crippen molar-refractivity contribution in [1.82, 2.24) is 4.90 Å². The largest absolute Gasteiger partial charge is 0.417 e. The van der Waals surface area contributed by atoms with Crippen LogP contribution >= 0.6 is 0 Å². The van der Waals surface area contributed by atoms with Crippen LogP contribution in [0.3, 0.4) is 0 Å². The maximum atomic E-state index is 14.3. The van der Waals surface area contributed by atoms with Gasteiger partial charge in [-0.2, -0.15) is 39.5 Å². The van der Waals surface area contributed by atoms with Gasteiger partial charge in [0.15, 0.2) is 5.78 Å². The number of unbranched alkanes of at least 4 members (excludes halogenated alkanes) is 1. The molecule has 0 spiro atoms. The third kappa shape index (κ3) is 6.76. The molecule has 1 heterocycles. The van der Waals surface area contributed by atoms with E-state index in [2.05, 4.69) is 0 Å². The third-order valence-corrected chi connectivity index (χ3v) is 8.76. The summed E-state index contributed by atoms with van der Waals surface area (Å²) in [4.78, 5) is 30.7. The second-order valence-electron chi connectivity index (χ2n) is 12.0. The number of ketones is 1. The number of alkyl halides is 9. The zero-order valence-electron chi connectivity index (χ0n) is 25.7. The van der Waals surface area contributed by atoms with Crippen LogP contribution in [0, 0.1) is 0 Å². The van der Waals surface area contributed by atoms with Gasteiger partial charge in [-0.05, 0) is 60.6 Å². The van der Waals surface area contributed by atoms with Crippen LogP contribution in [-0.2, 0) is 17.1 Å². The Morgan fingerprint density at radius 1 is 0.854 bits per heavy atom. The van der Waals surface area contributed by atoms with E-state index in [9.17, 15) is 49.1 Å². The van der Waals surface area contributed by atoms with Crippen LogP contribution in [0.5, 0.6) is 0 Å². The molecular weight excluding hydrogens is 653 g/mol. The normalized spacial score (nSPS) is 18.0. The maximum absolute atomic E-state index is 14.3. The Morgan fingerprint density at radius 2 is 1.50 bits per heavy atom. The molecule has 2 N–H and O–H groups in total. The maximum Gasteiger partial charge on any atom is 0.417 e. The lowest BCUT2D eigenvalue weighted by Crippen LogP contribution is -2.47. The van der Waals surface area contributed by atoms with Crippen molar-refractivity contribution in [3.8, 4) is 11.1 Å². The van der Waals surface area contributed by atoms with Crippen molar-refractivity contribution in [3.05, 3.63) is 88.0 Å². The second kappa shape index (κ2) is 13.1. The van der Waals surface area contributed by atoms with Gasteiger partial charge >= 0.3 is 18.5 Å². The number of nitrogens with zero attached hydrogens (tertiary/aromatic N) is 2. The fraction of sp³-hybridized carbons (Fsp3) is 0.412. The minimum Gasteiger partial charge on any atom is -0.355 e. The highest BCUT2D eigenvalue weighted by Crippen LogP contribution is 2.52. The smallest absolute Gasteiger partial charge is 0.355 e. The quantitative estimate of drug-likeness (QED) is 0.191. The lowest BCUT2D eigenvalue weighted by atomic mass is 9.86. The minimum atomic E-state index is -5.35. The molecule has 5 nitrogen and oxygen atoms in total. The number of hydrogen-bond donors (Lipinski definition) is 1. The number of halogens is 9. The fourth-order valence-electron chi connectivity index (χ4n) is 6.69. The van der Waals surface area contributed by atoms with Gasteiger partial charge in [0.1, 0.15) is 6.54 Å². The predicted octanol–water partition coefficient (Wildman–Crippen LogP) is 8.53. The van der Waals surface area contributed by atoms with Crippen molar-refractivity contribution in [1.29, 1.82) is 0 Å². The van der Waals surface area contributed by atoms with Gasteiger partial charge in [-0.15, -0.1) is 0 Å². The molecule has 3 aromatic rings. The zero-order chi connectivity index (χ0) is 35.2. The summed E-state index contributed by atoms with van der Waals surface area (Å²) in [6, 6.07) is 10.1. The molecule has 0 aromatic heterocycles. The van der Waals surface area contributed by atoms with E-state index in [1.54, 1.807) is 25.1 Å². The highest BCUT2D eigenvalue weighted by molar-refractivity contribution is 6.16. The summed E-state index contributed by atoms with van der Waals surface area (Å²) in [5.41, 5.74) is 1.56. The first-order valence-corrected chi connectivity index (χ1v) is 15.4. The number of piperidine rings is 1. The minimum absolute atomic E-state index is 0.0196. The molecule has 1 fully saturated rings. The highest BCUT2D eigenvalue weighted by Gasteiger charge is 2.46. The molecule has 14 heteroatoms. The van der Waals surface area contributed by atoms with E-state index in [1.807, 2.05) is 0 Å². The summed E-state index contributed by atoms with van der Waals surface area (Å²) in [5.74, 6) is -4.02. The van der Waals surface area contributed by atoms with E-state index >= 15 is 0 Å². The molecule has 1 amide bonds. The topological polar surface area (TPSA) is 66.6 Å². The van der Waals surface area contributed by atoms with E-state index in [0.29, 0.717) is 65.5 Å². The van der Waals surface area contributed by atoms with Gasteiger partial charge in [-0.1, -0.05) is 49.7 Å². The van der Waals surface area contributed by atoms with Gasteiger partial charge in [-0.3, -0.25) is 9.59 Å². The Kier molecular flexibility index (Phi) is 9.61. The highest BCUT2D eigenvalue weighted by atomic mass is 19.4. The average molecular weight is 686 g/mol. The number of hydrogen-bond acceptors (Lipinski definition) is 4. The van der Waals surface area contributed by atoms with Gasteiger partial charge in [-0.25, -0.2) is 0 Å². The number of carbonyl (C=O) groups excluding carboxylic acids is 2. The SMILES string of the molecule is CCCCN(CC(F)(F)F)C(=O)C1c2ccccc2-c2ccc(C(=O)c3c(C(F)(F)F)cccc3C(F)(F)F)c(N3CCCCC3N)c21. The number of anilines is 1. The molecule has 3 aromatic carbocycles. The number of carbonyl (C=O) groups is 2. The van der Waals surface area contributed by atoms with Gasteiger partial charge in [0.05, 0.1) is 28.9 Å². The summed E-state index contributed by atoms with van der Waals surface area (Å²) in [6.07, 6.45) is -14.2. The van der Waals surface area contributed by atoms with Crippen LogP contribution in [0.4, 0.5) is 45.2 Å². The molecule has 1 aliphatic carbocycles. The van der Waals surface area contributed by atoms with Crippen LogP contribution in [0.1, 0.15) is 83.1 Å². The molecule has 5 rings (SSSR count). The first-order chi connectivity index (χ1) is 22.5. The Labute approximate surface area is 270 Å². The van der Waals surface area contributed by atoms with Crippen molar-refractivity contribution in [2.24, 2.45) is 5.73 Å². The molecule has 258 valence electrons. The first-order valence-electron chi connectivity index (χ1n) is 15.4. The van der Waals surface area contributed by atoms with Crippen molar-refractivity contribution in [3.63, 3.8) is 0 Å². The number of amides is 1. The summed E-state index contributed by atoms with van der Waals surface area (Å²) in [6.45, 7) is 0.0291. The molecule has 2 atom stereocenters. The molecular formula is C34H32F9N3O2. The number of nitrogens with two attached hydrogens (primary N) is 1. The number of benzene rings is 3. The molecule has 0 radical (unpaired) electrons. The molecule has 2 unspecified atom stereocenters. The fourth-order valence-corrected chi connectivity index (χ4v) is 6.69. The predicted molar refractivity (Wildman–Crippen MR) is 160 cm³/mol. The molecule has 2 aliphatic rings. The third-order valence-electron chi connectivity index (χ3n) is 8.76. The van der Waals surface area contributed by atoms with Gasteiger partial charge in [0.25, 0.3) is 0 Å². The molecule has 48 heavy (non-hydrogen) atoms. The molecule has 1 aliphatic heterocycles. The van der Waals surface area contributed by atoms with E-state index in [1.165, 1.54) is 17.0 Å². The Morgan fingerprint density at radius 3 is 2.08 bits per heavy atom. The molecule has 0 bridgehead atoms. The van der Waals surface area contributed by atoms with Gasteiger partial charge in [0, 0.05) is 29.8 Å². The van der Waals surface area contributed by atoms with Crippen LogP contribution < -0.4 is 10.6 Å². The van der Waals surface area contributed by atoms with Crippen molar-refractivity contribution in [2.75, 3.05) is 24.5 Å². The lowest BCUT2D eigenvalue weighted by molar-refractivity contribution is -0.161. The average Bonchev–Trinajstić information content (AvgIpc) is 3.35. The summed E-state index contributed by atoms with van der Waals surface area (Å²) in [7, 11) is 0.